The molecule has 4 rings (SSSR count). The molecule has 0 spiro atoms. The van der Waals surface area contributed by atoms with Crippen LogP contribution in [0.2, 0.25) is 0 Å². The lowest BCUT2D eigenvalue weighted by Gasteiger charge is -2.10. The van der Waals surface area contributed by atoms with Gasteiger partial charge in [-0.2, -0.15) is 0 Å². The van der Waals surface area contributed by atoms with Crippen molar-refractivity contribution in [3.05, 3.63) is 82.1 Å². The molecule has 0 aliphatic heterocycles. The maximum atomic E-state index is 12.8. The molecule has 2 aromatic heterocycles. The zero-order valence-electron chi connectivity index (χ0n) is 19.7. The van der Waals surface area contributed by atoms with Gasteiger partial charge in [-0.3, -0.25) is 9.59 Å². The number of aromatic nitrogens is 2. The Balaban J connectivity index is 1.29. The lowest BCUT2D eigenvalue weighted by Crippen LogP contribution is -2.15. The summed E-state index contributed by atoms with van der Waals surface area (Å²) in [7, 11) is 1.65. The fourth-order valence-corrected chi connectivity index (χ4v) is 4.96. The molecule has 0 aliphatic rings. The van der Waals surface area contributed by atoms with Crippen LogP contribution >= 0.6 is 11.3 Å². The van der Waals surface area contributed by atoms with E-state index in [1.165, 1.54) is 5.56 Å². The first-order chi connectivity index (χ1) is 16.4. The highest BCUT2D eigenvalue weighted by Crippen LogP contribution is 2.23. The summed E-state index contributed by atoms with van der Waals surface area (Å²) in [5.74, 6) is 0.262. The largest absolute Gasteiger partial charge is 0.497 e. The molecular formula is C27H28N2O4S. The predicted molar refractivity (Wildman–Crippen MR) is 134 cm³/mol. The average molecular weight is 477 g/mol. The Morgan fingerprint density at radius 3 is 2.53 bits per heavy atom. The quantitative estimate of drug-likeness (QED) is 0.229. The minimum Gasteiger partial charge on any atom is -0.497 e. The number of carbonyl (C=O) groups is 2. The molecule has 0 atom stereocenters. The van der Waals surface area contributed by atoms with Gasteiger partial charge in [0.1, 0.15) is 5.75 Å². The molecule has 0 amide bonds. The van der Waals surface area contributed by atoms with Gasteiger partial charge in [0.05, 0.1) is 28.8 Å². The molecule has 7 heteroatoms. The average Bonchev–Trinajstić information content (AvgIpc) is 3.40. The first-order valence-corrected chi connectivity index (χ1v) is 12.1. The van der Waals surface area contributed by atoms with Crippen LogP contribution in [0.1, 0.15) is 38.7 Å². The number of methoxy groups -OCH3 is 1. The standard InChI is InChI=1S/C27H28N2O4S/c1-18-16-22(19(2)29(18)15-14-20-8-10-21(32-3)11-9-20)24(30)17-33-27(31)13-12-26-28-23-6-4-5-7-25(23)34-26/h4-11,16H,12-15,17H2,1-3H3. The zero-order valence-corrected chi connectivity index (χ0v) is 20.5. The molecule has 0 radical (unpaired) electrons. The maximum absolute atomic E-state index is 12.8. The summed E-state index contributed by atoms with van der Waals surface area (Å²) >= 11 is 1.58. The molecule has 0 fully saturated rings. The fourth-order valence-electron chi connectivity index (χ4n) is 3.99. The number of hydrogen-bond donors (Lipinski definition) is 0. The van der Waals surface area contributed by atoms with E-state index in [1.54, 1.807) is 18.4 Å². The minimum atomic E-state index is -0.388. The van der Waals surface area contributed by atoms with E-state index in [0.29, 0.717) is 12.0 Å². The molecule has 6 nitrogen and oxygen atoms in total. The second-order valence-corrected chi connectivity index (χ2v) is 9.31. The van der Waals surface area contributed by atoms with Crippen LogP contribution in [0, 0.1) is 13.8 Å². The van der Waals surface area contributed by atoms with Gasteiger partial charge in [0.15, 0.2) is 6.61 Å². The van der Waals surface area contributed by atoms with E-state index in [2.05, 4.69) is 9.55 Å². The number of hydrogen-bond acceptors (Lipinski definition) is 6. The van der Waals surface area contributed by atoms with E-state index in [1.807, 2.05) is 68.4 Å². The smallest absolute Gasteiger partial charge is 0.306 e. The number of esters is 1. The molecule has 0 N–H and O–H groups in total. The van der Waals surface area contributed by atoms with E-state index in [-0.39, 0.29) is 24.8 Å². The van der Waals surface area contributed by atoms with E-state index in [9.17, 15) is 9.59 Å². The van der Waals surface area contributed by atoms with Crippen LogP contribution < -0.4 is 4.74 Å². The monoisotopic (exact) mass is 476 g/mol. The molecule has 0 aliphatic carbocycles. The maximum Gasteiger partial charge on any atom is 0.306 e. The van der Waals surface area contributed by atoms with Gasteiger partial charge in [-0.05, 0) is 56.2 Å². The van der Waals surface area contributed by atoms with Crippen LogP contribution in [0.4, 0.5) is 0 Å². The van der Waals surface area contributed by atoms with Gasteiger partial charge in [0.25, 0.3) is 0 Å². The number of Topliss-reactive ketones (excluding diaryl/α,β-unsaturated/α-hetero) is 1. The highest BCUT2D eigenvalue weighted by molar-refractivity contribution is 7.18. The number of carbonyl (C=O) groups excluding carboxylic acids is 2. The summed E-state index contributed by atoms with van der Waals surface area (Å²) in [6.07, 6.45) is 1.55. The summed E-state index contributed by atoms with van der Waals surface area (Å²) in [5.41, 5.74) is 4.64. The molecular weight excluding hydrogens is 448 g/mol. The summed E-state index contributed by atoms with van der Waals surface area (Å²) in [6, 6.07) is 17.8. The van der Waals surface area contributed by atoms with Crippen LogP contribution in [-0.2, 0) is 28.9 Å². The lowest BCUT2D eigenvalue weighted by molar-refractivity contribution is -0.142. The number of para-hydroxylation sites is 1. The number of aryl methyl sites for hydroxylation is 3. The summed E-state index contributed by atoms with van der Waals surface area (Å²) < 4.78 is 13.7. The van der Waals surface area contributed by atoms with Crippen LogP contribution in [0.15, 0.2) is 54.6 Å². The minimum absolute atomic E-state index is 0.183. The van der Waals surface area contributed by atoms with Crippen LogP contribution in [-0.4, -0.2) is 35.0 Å². The topological polar surface area (TPSA) is 70.4 Å². The Labute approximate surface area is 203 Å². The zero-order chi connectivity index (χ0) is 24.1. The van der Waals surface area contributed by atoms with Crippen molar-refractivity contribution in [2.75, 3.05) is 13.7 Å². The Morgan fingerprint density at radius 2 is 1.79 bits per heavy atom. The molecule has 2 heterocycles. The van der Waals surface area contributed by atoms with Crippen LogP contribution in [0.3, 0.4) is 0 Å². The van der Waals surface area contributed by atoms with E-state index in [0.717, 1.165) is 45.3 Å². The number of rotatable bonds is 10. The summed E-state index contributed by atoms with van der Waals surface area (Å²) in [5, 5.41) is 0.893. The molecule has 2 aromatic carbocycles. The van der Waals surface area contributed by atoms with Crippen molar-refractivity contribution >= 4 is 33.3 Å². The van der Waals surface area contributed by atoms with E-state index >= 15 is 0 Å². The lowest BCUT2D eigenvalue weighted by atomic mass is 10.1. The predicted octanol–water partition coefficient (Wildman–Crippen LogP) is 5.32. The van der Waals surface area contributed by atoms with Crippen molar-refractivity contribution in [2.24, 2.45) is 0 Å². The second kappa shape index (κ2) is 10.7. The van der Waals surface area contributed by atoms with Gasteiger partial charge in [-0.1, -0.05) is 24.3 Å². The number of thiazole rings is 1. The third kappa shape index (κ3) is 5.54. The Kier molecular flexibility index (Phi) is 7.43. The number of nitrogens with zero attached hydrogens (tertiary/aromatic N) is 2. The van der Waals surface area contributed by atoms with E-state index in [4.69, 9.17) is 9.47 Å². The third-order valence-electron chi connectivity index (χ3n) is 5.90. The van der Waals surface area contributed by atoms with Crippen molar-refractivity contribution in [3.63, 3.8) is 0 Å². The molecule has 34 heavy (non-hydrogen) atoms. The molecule has 0 unspecified atom stereocenters. The highest BCUT2D eigenvalue weighted by atomic mass is 32.1. The van der Waals surface area contributed by atoms with Crippen molar-refractivity contribution in [2.45, 2.75) is 39.7 Å². The molecule has 0 saturated carbocycles. The molecule has 0 bridgehead atoms. The first kappa shape index (κ1) is 23.7. The van der Waals surface area contributed by atoms with Crippen molar-refractivity contribution < 1.29 is 19.1 Å². The van der Waals surface area contributed by atoms with Crippen LogP contribution in [0.25, 0.3) is 10.2 Å². The van der Waals surface area contributed by atoms with Gasteiger partial charge in [0, 0.05) is 29.9 Å². The van der Waals surface area contributed by atoms with Gasteiger partial charge in [-0.25, -0.2) is 4.98 Å². The Hall–Kier alpha value is -3.45. The number of benzene rings is 2. The van der Waals surface area contributed by atoms with Gasteiger partial charge in [0.2, 0.25) is 5.78 Å². The fraction of sp³-hybridized carbons (Fsp3) is 0.296. The number of fused-ring (bicyclic) bond motifs is 1. The van der Waals surface area contributed by atoms with Crippen molar-refractivity contribution in [1.82, 2.24) is 9.55 Å². The third-order valence-corrected chi connectivity index (χ3v) is 7.00. The normalized spacial score (nSPS) is 11.0. The van der Waals surface area contributed by atoms with Gasteiger partial charge >= 0.3 is 5.97 Å². The number of ether oxygens (including phenoxy) is 2. The second-order valence-electron chi connectivity index (χ2n) is 8.19. The summed E-state index contributed by atoms with van der Waals surface area (Å²) in [6.45, 7) is 4.44. The highest BCUT2D eigenvalue weighted by Gasteiger charge is 2.18. The van der Waals surface area contributed by atoms with Gasteiger partial charge in [-0.15, -0.1) is 11.3 Å². The Bertz CT molecular complexity index is 1270. The number of ketones is 1. The molecule has 4 aromatic rings. The molecule has 176 valence electrons. The van der Waals surface area contributed by atoms with Gasteiger partial charge < -0.3 is 14.0 Å². The Morgan fingerprint density at radius 1 is 1.03 bits per heavy atom. The van der Waals surface area contributed by atoms with Crippen molar-refractivity contribution in [3.8, 4) is 5.75 Å². The molecule has 0 saturated heterocycles. The first-order valence-electron chi connectivity index (χ1n) is 11.3. The van der Waals surface area contributed by atoms with E-state index < -0.39 is 0 Å². The summed E-state index contributed by atoms with van der Waals surface area (Å²) in [4.78, 5) is 29.5. The SMILES string of the molecule is COc1ccc(CCn2c(C)cc(C(=O)COC(=O)CCc3nc4ccccc4s3)c2C)cc1. The van der Waals surface area contributed by atoms with Crippen LogP contribution in [0.5, 0.6) is 5.75 Å². The van der Waals surface area contributed by atoms with Crippen molar-refractivity contribution in [1.29, 1.82) is 0 Å².